The van der Waals surface area contributed by atoms with Gasteiger partial charge in [0.05, 0.1) is 6.54 Å². The second-order valence-electron chi connectivity index (χ2n) is 7.68. The molecule has 0 unspecified atom stereocenters. The Labute approximate surface area is 165 Å². The molecular formula is C21H28N2O5. The molecule has 0 radical (unpaired) electrons. The summed E-state index contributed by atoms with van der Waals surface area (Å²) in [5.41, 5.74) is 0. The standard InChI is InChI=1S/C21H28N2O5/c24-20(17-7-4-11-23(17)21(25)15-5-2-1-3-6-15)22-10-12-26-16-8-9-18-19(13-16)28-14-27-18/h8-9,13,15,17H,1-7,10-12,14H2,(H,22,24)/t17-/m0/s1. The molecule has 1 aromatic rings. The molecule has 1 N–H and O–H groups in total. The zero-order valence-corrected chi connectivity index (χ0v) is 16.2. The second kappa shape index (κ2) is 8.71. The molecule has 1 aliphatic carbocycles. The number of rotatable bonds is 6. The van der Waals surface area contributed by atoms with Crippen LogP contribution in [0.1, 0.15) is 44.9 Å². The molecule has 0 bridgehead atoms. The lowest BCUT2D eigenvalue weighted by atomic mass is 9.88. The highest BCUT2D eigenvalue weighted by molar-refractivity contribution is 5.89. The van der Waals surface area contributed by atoms with Crippen LogP contribution in [0, 0.1) is 5.92 Å². The van der Waals surface area contributed by atoms with E-state index in [2.05, 4.69) is 5.32 Å². The van der Waals surface area contributed by atoms with Crippen LogP contribution in [0.25, 0.3) is 0 Å². The Balaban J connectivity index is 1.23. The van der Waals surface area contributed by atoms with E-state index in [4.69, 9.17) is 14.2 Å². The number of carbonyl (C=O) groups is 2. The summed E-state index contributed by atoms with van der Waals surface area (Å²) in [5.74, 6) is 2.27. The van der Waals surface area contributed by atoms with Crippen molar-refractivity contribution >= 4 is 11.8 Å². The largest absolute Gasteiger partial charge is 0.492 e. The number of likely N-dealkylation sites (tertiary alicyclic amines) is 1. The van der Waals surface area contributed by atoms with Gasteiger partial charge in [0.25, 0.3) is 0 Å². The van der Waals surface area contributed by atoms with Crippen LogP contribution in [0.3, 0.4) is 0 Å². The summed E-state index contributed by atoms with van der Waals surface area (Å²) in [6.45, 7) is 1.68. The molecule has 7 heteroatoms. The van der Waals surface area contributed by atoms with Gasteiger partial charge in [-0.3, -0.25) is 9.59 Å². The van der Waals surface area contributed by atoms with E-state index in [0.29, 0.717) is 36.9 Å². The van der Waals surface area contributed by atoms with Gasteiger partial charge in [-0.05, 0) is 37.8 Å². The van der Waals surface area contributed by atoms with E-state index < -0.39 is 0 Å². The number of carbonyl (C=O) groups excluding carboxylic acids is 2. The normalized spacial score (nSPS) is 21.6. The van der Waals surface area contributed by atoms with E-state index in [9.17, 15) is 9.59 Å². The molecule has 1 saturated carbocycles. The molecule has 2 heterocycles. The van der Waals surface area contributed by atoms with Crippen molar-refractivity contribution in [3.05, 3.63) is 18.2 Å². The van der Waals surface area contributed by atoms with Crippen molar-refractivity contribution in [2.45, 2.75) is 51.0 Å². The number of hydrogen-bond donors (Lipinski definition) is 1. The van der Waals surface area contributed by atoms with Gasteiger partial charge in [0.15, 0.2) is 11.5 Å². The summed E-state index contributed by atoms with van der Waals surface area (Å²) in [6.07, 6.45) is 7.03. The van der Waals surface area contributed by atoms with Crippen LogP contribution in [0.5, 0.6) is 17.2 Å². The van der Waals surface area contributed by atoms with Gasteiger partial charge in [-0.1, -0.05) is 19.3 Å². The van der Waals surface area contributed by atoms with Gasteiger partial charge in [-0.25, -0.2) is 0 Å². The fraction of sp³-hybridized carbons (Fsp3) is 0.619. The van der Waals surface area contributed by atoms with Crippen LogP contribution in [0.2, 0.25) is 0 Å². The van der Waals surface area contributed by atoms with Gasteiger partial charge in [-0.2, -0.15) is 0 Å². The summed E-state index contributed by atoms with van der Waals surface area (Å²) in [5, 5.41) is 2.92. The SMILES string of the molecule is O=C(NCCOc1ccc2c(c1)OCO2)[C@@H]1CCCN1C(=O)C1CCCCC1. The molecule has 2 fully saturated rings. The lowest BCUT2D eigenvalue weighted by molar-refractivity contribution is -0.142. The lowest BCUT2D eigenvalue weighted by Gasteiger charge is -2.30. The minimum atomic E-state index is -0.333. The highest BCUT2D eigenvalue weighted by Crippen LogP contribution is 2.35. The van der Waals surface area contributed by atoms with Gasteiger partial charge in [-0.15, -0.1) is 0 Å². The first kappa shape index (κ1) is 18.9. The Morgan fingerprint density at radius 1 is 1.07 bits per heavy atom. The molecular weight excluding hydrogens is 360 g/mol. The number of nitrogens with zero attached hydrogens (tertiary/aromatic N) is 1. The average Bonchev–Trinajstić information content (AvgIpc) is 3.40. The Bertz CT molecular complexity index is 717. The third-order valence-electron chi connectivity index (χ3n) is 5.81. The first-order chi connectivity index (χ1) is 13.7. The molecule has 2 aliphatic heterocycles. The van der Waals surface area contributed by atoms with Crippen molar-refractivity contribution in [2.24, 2.45) is 5.92 Å². The van der Waals surface area contributed by atoms with Crippen LogP contribution in [0.15, 0.2) is 18.2 Å². The number of hydrogen-bond acceptors (Lipinski definition) is 5. The fourth-order valence-corrected chi connectivity index (χ4v) is 4.31. The van der Waals surface area contributed by atoms with Crippen LogP contribution < -0.4 is 19.5 Å². The van der Waals surface area contributed by atoms with Crippen LogP contribution in [-0.2, 0) is 9.59 Å². The Morgan fingerprint density at radius 3 is 2.75 bits per heavy atom. The topological polar surface area (TPSA) is 77.1 Å². The molecule has 1 saturated heterocycles. The van der Waals surface area contributed by atoms with Crippen LogP contribution in [0.4, 0.5) is 0 Å². The Hall–Kier alpha value is -2.44. The maximum absolute atomic E-state index is 12.8. The number of ether oxygens (including phenoxy) is 3. The fourth-order valence-electron chi connectivity index (χ4n) is 4.31. The molecule has 152 valence electrons. The van der Waals surface area contributed by atoms with E-state index in [-0.39, 0.29) is 30.6 Å². The summed E-state index contributed by atoms with van der Waals surface area (Å²) < 4.78 is 16.3. The highest BCUT2D eigenvalue weighted by atomic mass is 16.7. The maximum Gasteiger partial charge on any atom is 0.242 e. The van der Waals surface area contributed by atoms with Crippen LogP contribution >= 0.6 is 0 Å². The number of amides is 2. The lowest BCUT2D eigenvalue weighted by Crippen LogP contribution is -2.48. The minimum absolute atomic E-state index is 0.0732. The van der Waals surface area contributed by atoms with Gasteiger partial charge >= 0.3 is 0 Å². The van der Waals surface area contributed by atoms with E-state index in [1.165, 1.54) is 6.42 Å². The molecule has 28 heavy (non-hydrogen) atoms. The molecule has 1 atom stereocenters. The average molecular weight is 388 g/mol. The van der Waals surface area contributed by atoms with Gasteiger partial charge in [0.2, 0.25) is 18.6 Å². The van der Waals surface area contributed by atoms with Crippen molar-refractivity contribution in [2.75, 3.05) is 26.5 Å². The van der Waals surface area contributed by atoms with E-state index >= 15 is 0 Å². The maximum atomic E-state index is 12.8. The van der Waals surface area contributed by atoms with Crippen LogP contribution in [-0.4, -0.2) is 49.2 Å². The summed E-state index contributed by atoms with van der Waals surface area (Å²) >= 11 is 0. The van der Waals surface area contributed by atoms with E-state index in [0.717, 1.165) is 38.5 Å². The molecule has 7 nitrogen and oxygen atoms in total. The first-order valence-corrected chi connectivity index (χ1v) is 10.3. The molecule has 0 aromatic heterocycles. The van der Waals surface area contributed by atoms with Crippen molar-refractivity contribution in [3.8, 4) is 17.2 Å². The summed E-state index contributed by atoms with van der Waals surface area (Å²) in [4.78, 5) is 27.2. The smallest absolute Gasteiger partial charge is 0.242 e. The monoisotopic (exact) mass is 388 g/mol. The van der Waals surface area contributed by atoms with Gasteiger partial charge < -0.3 is 24.4 Å². The highest BCUT2D eigenvalue weighted by Gasteiger charge is 2.37. The molecule has 0 spiro atoms. The predicted molar refractivity (Wildman–Crippen MR) is 102 cm³/mol. The predicted octanol–water partition coefficient (Wildman–Crippen LogP) is 2.48. The first-order valence-electron chi connectivity index (χ1n) is 10.3. The van der Waals surface area contributed by atoms with Crippen molar-refractivity contribution < 1.29 is 23.8 Å². The van der Waals surface area contributed by atoms with E-state index in [1.54, 1.807) is 6.07 Å². The zero-order chi connectivity index (χ0) is 19.3. The van der Waals surface area contributed by atoms with Gasteiger partial charge in [0, 0.05) is 18.5 Å². The summed E-state index contributed by atoms with van der Waals surface area (Å²) in [7, 11) is 0. The van der Waals surface area contributed by atoms with E-state index in [1.807, 2.05) is 17.0 Å². The third kappa shape index (κ3) is 4.18. The second-order valence-corrected chi connectivity index (χ2v) is 7.68. The van der Waals surface area contributed by atoms with Crippen molar-refractivity contribution in [3.63, 3.8) is 0 Å². The summed E-state index contributed by atoms with van der Waals surface area (Å²) in [6, 6.07) is 5.08. The third-order valence-corrected chi connectivity index (χ3v) is 5.81. The Kier molecular flexibility index (Phi) is 5.88. The zero-order valence-electron chi connectivity index (χ0n) is 16.2. The quantitative estimate of drug-likeness (QED) is 0.758. The molecule has 1 aromatic carbocycles. The molecule has 4 rings (SSSR count). The van der Waals surface area contributed by atoms with Crippen molar-refractivity contribution in [1.29, 1.82) is 0 Å². The van der Waals surface area contributed by atoms with Crippen molar-refractivity contribution in [1.82, 2.24) is 10.2 Å². The minimum Gasteiger partial charge on any atom is -0.492 e. The number of fused-ring (bicyclic) bond motifs is 1. The molecule has 2 amide bonds. The van der Waals surface area contributed by atoms with Gasteiger partial charge in [0.1, 0.15) is 18.4 Å². The number of nitrogens with one attached hydrogen (secondary N) is 1. The number of benzene rings is 1. The Morgan fingerprint density at radius 2 is 1.89 bits per heavy atom. The molecule has 3 aliphatic rings.